The lowest BCUT2D eigenvalue weighted by atomic mass is 9.65. The summed E-state index contributed by atoms with van der Waals surface area (Å²) in [6, 6.07) is 10.8. The van der Waals surface area contributed by atoms with Crippen molar-refractivity contribution in [2.24, 2.45) is 0 Å². The van der Waals surface area contributed by atoms with E-state index in [0.29, 0.717) is 18.1 Å². The summed E-state index contributed by atoms with van der Waals surface area (Å²) in [5, 5.41) is 0. The fourth-order valence-electron chi connectivity index (χ4n) is 5.12. The highest BCUT2D eigenvalue weighted by atomic mass is 16.7. The van der Waals surface area contributed by atoms with Crippen molar-refractivity contribution in [2.45, 2.75) is 61.1 Å². The maximum atomic E-state index is 6.40. The van der Waals surface area contributed by atoms with Crippen LogP contribution >= 0.6 is 0 Å². The lowest BCUT2D eigenvalue weighted by Gasteiger charge is -2.41. The summed E-state index contributed by atoms with van der Waals surface area (Å²) in [4.78, 5) is 0. The zero-order chi connectivity index (χ0) is 13.6. The Hall–Kier alpha value is -0.900. The largest absolute Gasteiger partial charge is 0.378 e. The standard InChI is InChI=1S/C17H20O3/c1-15(18-2)8-12(11-6-4-3-5-7-11)17-14-13(19-14)9-16(17,10-15)20-17/h3-7,12-14H,8-10H2,1-2H3/t12-,13-,14-,15+,16-,17-/m0/s1. The van der Waals surface area contributed by atoms with Gasteiger partial charge >= 0.3 is 0 Å². The Morgan fingerprint density at radius 2 is 2.00 bits per heavy atom. The molecule has 0 amide bonds. The third kappa shape index (κ3) is 1.19. The molecule has 1 aromatic rings. The van der Waals surface area contributed by atoms with Crippen LogP contribution in [0.1, 0.15) is 37.7 Å². The van der Waals surface area contributed by atoms with Crippen molar-refractivity contribution in [1.29, 1.82) is 0 Å². The van der Waals surface area contributed by atoms with Gasteiger partial charge in [-0.25, -0.2) is 0 Å². The third-order valence-electron chi connectivity index (χ3n) is 6.08. The summed E-state index contributed by atoms with van der Waals surface area (Å²) < 4.78 is 18.1. The van der Waals surface area contributed by atoms with Crippen molar-refractivity contribution in [3.8, 4) is 0 Å². The predicted molar refractivity (Wildman–Crippen MR) is 73.7 cm³/mol. The molecular weight excluding hydrogens is 252 g/mol. The molecule has 4 fully saturated rings. The Kier molecular flexibility index (Phi) is 1.93. The normalized spacial score (nSPS) is 54.8. The van der Waals surface area contributed by atoms with E-state index >= 15 is 0 Å². The SMILES string of the molecule is CO[C@]1(C)C[C@@H](c2ccccc2)[C@@]23O[C@@]2(C[C@@H]2O[C@@H]23)C1. The summed E-state index contributed by atoms with van der Waals surface area (Å²) >= 11 is 0. The van der Waals surface area contributed by atoms with Crippen LogP contribution in [0.4, 0.5) is 0 Å². The maximum Gasteiger partial charge on any atom is 0.134 e. The second-order valence-electron chi connectivity index (χ2n) is 7.19. The Balaban J connectivity index is 1.62. The first-order valence-electron chi connectivity index (χ1n) is 7.58. The lowest BCUT2D eigenvalue weighted by Crippen LogP contribution is -2.48. The molecule has 0 spiro atoms. The number of epoxide rings is 2. The summed E-state index contributed by atoms with van der Waals surface area (Å²) in [5.74, 6) is 0.389. The van der Waals surface area contributed by atoms with E-state index in [4.69, 9.17) is 14.2 Å². The maximum absolute atomic E-state index is 6.40. The lowest BCUT2D eigenvalue weighted by molar-refractivity contribution is -0.0440. The van der Waals surface area contributed by atoms with Gasteiger partial charge in [-0.2, -0.15) is 0 Å². The van der Waals surface area contributed by atoms with E-state index < -0.39 is 0 Å². The molecule has 2 aliphatic carbocycles. The zero-order valence-corrected chi connectivity index (χ0v) is 12.0. The monoisotopic (exact) mass is 272 g/mol. The summed E-state index contributed by atoms with van der Waals surface area (Å²) in [6.07, 6.45) is 3.85. The average molecular weight is 272 g/mol. The second kappa shape index (κ2) is 3.29. The summed E-state index contributed by atoms with van der Waals surface area (Å²) in [6.45, 7) is 2.23. The van der Waals surface area contributed by atoms with E-state index in [-0.39, 0.29) is 16.8 Å². The van der Waals surface area contributed by atoms with E-state index in [1.807, 2.05) is 7.11 Å². The molecular formula is C17H20O3. The van der Waals surface area contributed by atoms with E-state index in [1.54, 1.807) is 0 Å². The highest BCUT2D eigenvalue weighted by Crippen LogP contribution is 2.77. The molecule has 3 heteroatoms. The van der Waals surface area contributed by atoms with Crippen molar-refractivity contribution < 1.29 is 14.2 Å². The first kappa shape index (κ1) is 11.7. The van der Waals surface area contributed by atoms with Gasteiger partial charge in [0.1, 0.15) is 17.3 Å². The molecule has 106 valence electrons. The first-order valence-corrected chi connectivity index (χ1v) is 7.58. The fourth-order valence-corrected chi connectivity index (χ4v) is 5.12. The molecule has 0 aromatic heterocycles. The second-order valence-corrected chi connectivity index (χ2v) is 7.19. The van der Waals surface area contributed by atoms with Gasteiger partial charge in [0.25, 0.3) is 0 Å². The molecule has 5 rings (SSSR count). The van der Waals surface area contributed by atoms with Gasteiger partial charge in [-0.15, -0.1) is 0 Å². The van der Waals surface area contributed by atoms with Crippen LogP contribution in [0.3, 0.4) is 0 Å². The highest BCUT2D eigenvalue weighted by Gasteiger charge is 2.90. The predicted octanol–water partition coefficient (Wildman–Crippen LogP) is 2.65. The van der Waals surface area contributed by atoms with E-state index in [1.165, 1.54) is 5.56 Å². The molecule has 0 bridgehead atoms. The molecule has 4 aliphatic rings. The van der Waals surface area contributed by atoms with Crippen LogP contribution in [0.5, 0.6) is 0 Å². The van der Waals surface area contributed by atoms with E-state index in [9.17, 15) is 0 Å². The van der Waals surface area contributed by atoms with Crippen molar-refractivity contribution in [2.75, 3.05) is 7.11 Å². The minimum atomic E-state index is -0.0860. The van der Waals surface area contributed by atoms with Crippen molar-refractivity contribution in [3.63, 3.8) is 0 Å². The van der Waals surface area contributed by atoms with Crippen molar-refractivity contribution >= 4 is 0 Å². The molecule has 0 N–H and O–H groups in total. The van der Waals surface area contributed by atoms with E-state index in [2.05, 4.69) is 37.3 Å². The Morgan fingerprint density at radius 3 is 2.75 bits per heavy atom. The fraction of sp³-hybridized carbons (Fsp3) is 0.647. The van der Waals surface area contributed by atoms with Crippen LogP contribution in [0.15, 0.2) is 30.3 Å². The van der Waals surface area contributed by atoms with E-state index in [0.717, 1.165) is 19.3 Å². The summed E-state index contributed by atoms with van der Waals surface area (Å²) in [5.41, 5.74) is 1.24. The quantitative estimate of drug-likeness (QED) is 0.776. The Bertz CT molecular complexity index is 573. The average Bonchev–Trinajstić information content (AvgIpc) is 3.34. The summed E-state index contributed by atoms with van der Waals surface area (Å²) in [7, 11) is 1.83. The van der Waals surface area contributed by atoms with Crippen LogP contribution in [-0.4, -0.2) is 36.1 Å². The minimum Gasteiger partial charge on any atom is -0.378 e. The smallest absolute Gasteiger partial charge is 0.134 e. The number of hydrogen-bond donors (Lipinski definition) is 0. The molecule has 2 heterocycles. The molecule has 3 nitrogen and oxygen atoms in total. The van der Waals surface area contributed by atoms with Gasteiger partial charge in [0, 0.05) is 25.9 Å². The number of methoxy groups -OCH3 is 1. The number of benzene rings is 1. The van der Waals surface area contributed by atoms with Gasteiger partial charge in [-0.05, 0) is 18.9 Å². The van der Waals surface area contributed by atoms with Crippen molar-refractivity contribution in [3.05, 3.63) is 35.9 Å². The number of fused-ring (bicyclic) bond motifs is 1. The van der Waals surface area contributed by atoms with Gasteiger partial charge in [0.15, 0.2) is 0 Å². The molecule has 1 aromatic carbocycles. The zero-order valence-electron chi connectivity index (χ0n) is 12.0. The first-order chi connectivity index (χ1) is 9.63. The van der Waals surface area contributed by atoms with Crippen LogP contribution in [0.2, 0.25) is 0 Å². The van der Waals surface area contributed by atoms with Crippen LogP contribution < -0.4 is 0 Å². The van der Waals surface area contributed by atoms with Gasteiger partial charge in [-0.3, -0.25) is 0 Å². The molecule has 20 heavy (non-hydrogen) atoms. The van der Waals surface area contributed by atoms with Gasteiger partial charge in [-0.1, -0.05) is 30.3 Å². The Labute approximate surface area is 119 Å². The minimum absolute atomic E-state index is 0.0180. The molecule has 2 saturated heterocycles. The number of rotatable bonds is 2. The molecule has 0 unspecified atom stereocenters. The Morgan fingerprint density at radius 1 is 1.20 bits per heavy atom. The van der Waals surface area contributed by atoms with Crippen molar-refractivity contribution in [1.82, 2.24) is 0 Å². The third-order valence-corrected chi connectivity index (χ3v) is 6.08. The number of ether oxygens (including phenoxy) is 3. The molecule has 0 radical (unpaired) electrons. The molecule has 2 saturated carbocycles. The molecule has 6 atom stereocenters. The molecule has 2 aliphatic heterocycles. The van der Waals surface area contributed by atoms with Gasteiger partial charge < -0.3 is 14.2 Å². The van der Waals surface area contributed by atoms with Gasteiger partial charge in [0.2, 0.25) is 0 Å². The van der Waals surface area contributed by atoms with Crippen LogP contribution in [-0.2, 0) is 14.2 Å². The van der Waals surface area contributed by atoms with Crippen LogP contribution in [0, 0.1) is 0 Å². The van der Waals surface area contributed by atoms with Crippen LogP contribution in [0.25, 0.3) is 0 Å². The highest BCUT2D eigenvalue weighted by molar-refractivity contribution is 5.43. The topological polar surface area (TPSA) is 34.3 Å². The number of hydrogen-bond acceptors (Lipinski definition) is 3. The van der Waals surface area contributed by atoms with Gasteiger partial charge in [0.05, 0.1) is 11.7 Å².